The number of methoxy groups -OCH3 is 1. The second-order valence-corrected chi connectivity index (χ2v) is 5.18. The smallest absolute Gasteiger partial charge is 0.119 e. The predicted molar refractivity (Wildman–Crippen MR) is 72.5 cm³/mol. The molecule has 100 valence electrons. The number of hydrogen-bond acceptors (Lipinski definition) is 3. The van der Waals surface area contributed by atoms with Crippen molar-refractivity contribution in [2.75, 3.05) is 13.7 Å². The van der Waals surface area contributed by atoms with Gasteiger partial charge >= 0.3 is 0 Å². The molecule has 1 aromatic rings. The molecule has 0 spiro atoms. The maximum absolute atomic E-state index is 11.0. The topological polar surface area (TPSA) is 55.5 Å². The van der Waals surface area contributed by atoms with Crippen molar-refractivity contribution in [3.8, 4) is 5.75 Å². The molecule has 3 nitrogen and oxygen atoms in total. The van der Waals surface area contributed by atoms with Crippen LogP contribution in [-0.4, -0.2) is 18.8 Å². The van der Waals surface area contributed by atoms with Crippen LogP contribution in [0.1, 0.15) is 37.7 Å². The molecule has 1 aliphatic rings. The van der Waals surface area contributed by atoms with E-state index < -0.39 is 5.60 Å². The largest absolute Gasteiger partial charge is 0.497 e. The van der Waals surface area contributed by atoms with Crippen LogP contribution in [0.25, 0.3) is 0 Å². The minimum Gasteiger partial charge on any atom is -0.497 e. The maximum Gasteiger partial charge on any atom is 0.119 e. The zero-order valence-corrected chi connectivity index (χ0v) is 11.1. The highest BCUT2D eigenvalue weighted by atomic mass is 16.5. The summed E-state index contributed by atoms with van der Waals surface area (Å²) in [5, 5.41) is 11.0. The molecule has 0 saturated heterocycles. The van der Waals surface area contributed by atoms with E-state index in [4.69, 9.17) is 10.5 Å². The molecule has 18 heavy (non-hydrogen) atoms. The monoisotopic (exact) mass is 249 g/mol. The van der Waals surface area contributed by atoms with E-state index in [1.54, 1.807) is 7.11 Å². The van der Waals surface area contributed by atoms with Crippen molar-refractivity contribution >= 4 is 0 Å². The first-order valence-electron chi connectivity index (χ1n) is 6.77. The third-order valence-corrected chi connectivity index (χ3v) is 4.12. The van der Waals surface area contributed by atoms with Gasteiger partial charge in [0.25, 0.3) is 0 Å². The van der Waals surface area contributed by atoms with Crippen LogP contribution in [-0.2, 0) is 5.60 Å². The minimum absolute atomic E-state index is 0.267. The van der Waals surface area contributed by atoms with E-state index in [0.717, 1.165) is 37.0 Å². The molecule has 1 fully saturated rings. The van der Waals surface area contributed by atoms with E-state index in [-0.39, 0.29) is 5.92 Å². The Hall–Kier alpha value is -1.06. The van der Waals surface area contributed by atoms with Crippen LogP contribution in [0.3, 0.4) is 0 Å². The second-order valence-electron chi connectivity index (χ2n) is 5.18. The fraction of sp³-hybridized carbons (Fsp3) is 0.600. The third-order valence-electron chi connectivity index (χ3n) is 4.12. The Labute approximate surface area is 109 Å². The van der Waals surface area contributed by atoms with Crippen LogP contribution in [0.4, 0.5) is 0 Å². The highest BCUT2D eigenvalue weighted by Crippen LogP contribution is 2.43. The molecular weight excluding hydrogens is 226 g/mol. The molecule has 2 atom stereocenters. The van der Waals surface area contributed by atoms with Crippen LogP contribution in [0, 0.1) is 5.92 Å². The van der Waals surface area contributed by atoms with Gasteiger partial charge in [0.1, 0.15) is 5.75 Å². The lowest BCUT2D eigenvalue weighted by Gasteiger charge is -2.40. The van der Waals surface area contributed by atoms with Crippen molar-refractivity contribution in [3.63, 3.8) is 0 Å². The van der Waals surface area contributed by atoms with Gasteiger partial charge in [0.2, 0.25) is 0 Å². The number of benzene rings is 1. The van der Waals surface area contributed by atoms with Crippen molar-refractivity contribution in [1.82, 2.24) is 0 Å². The van der Waals surface area contributed by atoms with Gasteiger partial charge in [-0.3, -0.25) is 0 Å². The fourth-order valence-electron chi connectivity index (χ4n) is 3.08. The number of ether oxygens (including phenoxy) is 1. The second kappa shape index (κ2) is 5.72. The lowest BCUT2D eigenvalue weighted by atomic mass is 9.70. The predicted octanol–water partition coefficient (Wildman–Crippen LogP) is 2.42. The average molecular weight is 249 g/mol. The molecule has 3 N–H and O–H groups in total. The molecule has 0 amide bonds. The SMILES string of the molecule is COc1cccc(C2(O)CCCCC2CCN)c1. The van der Waals surface area contributed by atoms with Crippen LogP contribution >= 0.6 is 0 Å². The Morgan fingerprint density at radius 1 is 1.44 bits per heavy atom. The Morgan fingerprint density at radius 3 is 3.00 bits per heavy atom. The quantitative estimate of drug-likeness (QED) is 0.861. The fourth-order valence-corrected chi connectivity index (χ4v) is 3.08. The zero-order chi connectivity index (χ0) is 13.0. The first kappa shape index (κ1) is 13.4. The number of nitrogens with two attached hydrogens (primary N) is 1. The van der Waals surface area contributed by atoms with Crippen molar-refractivity contribution in [2.24, 2.45) is 11.7 Å². The molecular formula is C15H23NO2. The highest BCUT2D eigenvalue weighted by Gasteiger charge is 2.39. The summed E-state index contributed by atoms with van der Waals surface area (Å²) in [6.07, 6.45) is 5.04. The van der Waals surface area contributed by atoms with Crippen LogP contribution < -0.4 is 10.5 Å². The molecule has 1 saturated carbocycles. The lowest BCUT2D eigenvalue weighted by molar-refractivity contribution is -0.0567. The molecule has 2 unspecified atom stereocenters. The number of rotatable bonds is 4. The van der Waals surface area contributed by atoms with Gasteiger partial charge in [0, 0.05) is 0 Å². The Kier molecular flexibility index (Phi) is 4.25. The Balaban J connectivity index is 2.30. The molecule has 0 radical (unpaired) electrons. The van der Waals surface area contributed by atoms with E-state index in [9.17, 15) is 5.11 Å². The van der Waals surface area contributed by atoms with Crippen molar-refractivity contribution < 1.29 is 9.84 Å². The van der Waals surface area contributed by atoms with Crippen LogP contribution in [0.2, 0.25) is 0 Å². The summed E-state index contributed by atoms with van der Waals surface area (Å²) < 4.78 is 5.25. The summed E-state index contributed by atoms with van der Waals surface area (Å²) in [6, 6.07) is 7.81. The van der Waals surface area contributed by atoms with Gasteiger partial charge in [-0.1, -0.05) is 25.0 Å². The number of hydrogen-bond donors (Lipinski definition) is 2. The van der Waals surface area contributed by atoms with Crippen molar-refractivity contribution in [3.05, 3.63) is 29.8 Å². The highest BCUT2D eigenvalue weighted by molar-refractivity contribution is 5.33. The first-order chi connectivity index (χ1) is 8.70. The standard InChI is InChI=1S/C15H23NO2/c1-18-14-7-4-6-13(11-14)15(17)9-3-2-5-12(15)8-10-16/h4,6-7,11-12,17H,2-3,5,8-10,16H2,1H3. The minimum atomic E-state index is -0.730. The summed E-state index contributed by atoms with van der Waals surface area (Å²) in [4.78, 5) is 0. The zero-order valence-electron chi connectivity index (χ0n) is 11.1. The van der Waals surface area contributed by atoms with Crippen molar-refractivity contribution in [1.29, 1.82) is 0 Å². The van der Waals surface area contributed by atoms with E-state index >= 15 is 0 Å². The summed E-state index contributed by atoms with van der Waals surface area (Å²) in [5.41, 5.74) is 5.92. The first-order valence-corrected chi connectivity index (χ1v) is 6.77. The average Bonchev–Trinajstić information content (AvgIpc) is 2.42. The van der Waals surface area contributed by atoms with Gasteiger partial charge in [-0.15, -0.1) is 0 Å². The summed E-state index contributed by atoms with van der Waals surface area (Å²) >= 11 is 0. The molecule has 0 bridgehead atoms. The van der Waals surface area contributed by atoms with Gasteiger partial charge in [-0.2, -0.15) is 0 Å². The van der Waals surface area contributed by atoms with E-state index in [1.807, 2.05) is 24.3 Å². The van der Waals surface area contributed by atoms with Crippen LogP contribution in [0.5, 0.6) is 5.75 Å². The molecule has 0 aromatic heterocycles. The summed E-state index contributed by atoms with van der Waals surface area (Å²) in [7, 11) is 1.65. The third kappa shape index (κ3) is 2.52. The van der Waals surface area contributed by atoms with Gasteiger partial charge in [0.05, 0.1) is 12.7 Å². The molecule has 2 rings (SSSR count). The van der Waals surface area contributed by atoms with Gasteiger partial charge in [0.15, 0.2) is 0 Å². The molecule has 3 heteroatoms. The number of aliphatic hydroxyl groups is 1. The van der Waals surface area contributed by atoms with E-state index in [1.165, 1.54) is 6.42 Å². The van der Waals surface area contributed by atoms with Crippen molar-refractivity contribution in [2.45, 2.75) is 37.7 Å². The van der Waals surface area contributed by atoms with Gasteiger partial charge in [-0.25, -0.2) is 0 Å². The maximum atomic E-state index is 11.0. The molecule has 1 aliphatic carbocycles. The summed E-state index contributed by atoms with van der Waals surface area (Å²) in [6.45, 7) is 0.636. The van der Waals surface area contributed by atoms with Crippen LogP contribution in [0.15, 0.2) is 24.3 Å². The normalized spacial score (nSPS) is 28.1. The van der Waals surface area contributed by atoms with E-state index in [2.05, 4.69) is 0 Å². The van der Waals surface area contributed by atoms with Gasteiger partial charge < -0.3 is 15.6 Å². The Morgan fingerprint density at radius 2 is 2.28 bits per heavy atom. The summed E-state index contributed by atoms with van der Waals surface area (Å²) in [5.74, 6) is 1.07. The Bertz CT molecular complexity index is 392. The van der Waals surface area contributed by atoms with E-state index in [0.29, 0.717) is 6.54 Å². The molecule has 0 aliphatic heterocycles. The van der Waals surface area contributed by atoms with Gasteiger partial charge in [-0.05, 0) is 49.4 Å². The molecule has 0 heterocycles. The lowest BCUT2D eigenvalue weighted by Crippen LogP contribution is -2.39. The molecule has 1 aromatic carbocycles.